The van der Waals surface area contributed by atoms with Crippen molar-refractivity contribution in [1.82, 2.24) is 9.97 Å². The van der Waals surface area contributed by atoms with E-state index in [1.54, 1.807) is 0 Å². The van der Waals surface area contributed by atoms with Crippen LogP contribution in [-0.4, -0.2) is 21.8 Å². The van der Waals surface area contributed by atoms with Crippen molar-refractivity contribution in [2.45, 2.75) is 13.5 Å². The number of hydrogen-bond donors (Lipinski definition) is 0. The minimum absolute atomic E-state index is 0.0507. The van der Waals surface area contributed by atoms with Gasteiger partial charge in [-0.1, -0.05) is 11.6 Å². The zero-order valence-corrected chi connectivity index (χ0v) is 8.97. The highest BCUT2D eigenvalue weighted by Gasteiger charge is 2.10. The molecule has 0 saturated heterocycles. The third kappa shape index (κ3) is 2.90. The lowest BCUT2D eigenvalue weighted by Crippen LogP contribution is -2.02. The van der Waals surface area contributed by atoms with E-state index in [-0.39, 0.29) is 17.3 Å². The van der Waals surface area contributed by atoms with E-state index >= 15 is 0 Å². The molecule has 0 amide bonds. The standard InChI is InChI=1S/C8H8Cl2N2O2/c1-2-14-4-6-11-3-5(8(10)13)7(9)12-6/h3H,2,4H2,1H3. The first-order chi connectivity index (χ1) is 6.65. The Labute approximate surface area is 91.2 Å². The Morgan fingerprint density at radius 3 is 2.86 bits per heavy atom. The fourth-order valence-corrected chi connectivity index (χ4v) is 1.21. The van der Waals surface area contributed by atoms with Gasteiger partial charge >= 0.3 is 0 Å². The molecule has 14 heavy (non-hydrogen) atoms. The van der Waals surface area contributed by atoms with Gasteiger partial charge in [0.2, 0.25) is 0 Å². The first-order valence-electron chi connectivity index (χ1n) is 3.94. The lowest BCUT2D eigenvalue weighted by atomic mass is 10.4. The van der Waals surface area contributed by atoms with Crippen LogP contribution in [0.3, 0.4) is 0 Å². The zero-order chi connectivity index (χ0) is 10.6. The summed E-state index contributed by atoms with van der Waals surface area (Å²) in [7, 11) is 0. The number of carbonyl (C=O) groups excluding carboxylic acids is 1. The van der Waals surface area contributed by atoms with Crippen molar-refractivity contribution in [2.75, 3.05) is 6.61 Å². The molecular formula is C8H8Cl2N2O2. The summed E-state index contributed by atoms with van der Waals surface area (Å²) in [4.78, 5) is 18.5. The molecule has 0 aliphatic carbocycles. The molecule has 0 spiro atoms. The number of aromatic nitrogens is 2. The van der Waals surface area contributed by atoms with E-state index in [1.807, 2.05) is 6.92 Å². The quantitative estimate of drug-likeness (QED) is 0.591. The SMILES string of the molecule is CCOCc1ncc(C(=O)Cl)c(Cl)n1. The molecule has 1 aromatic heterocycles. The summed E-state index contributed by atoms with van der Waals surface area (Å²) >= 11 is 10.9. The maximum absolute atomic E-state index is 10.8. The van der Waals surface area contributed by atoms with Gasteiger partial charge in [0.25, 0.3) is 5.24 Å². The summed E-state index contributed by atoms with van der Waals surface area (Å²) < 4.78 is 5.07. The average molecular weight is 235 g/mol. The van der Waals surface area contributed by atoms with Gasteiger partial charge in [0.05, 0.1) is 5.56 Å². The molecule has 1 rings (SSSR count). The van der Waals surface area contributed by atoms with E-state index < -0.39 is 5.24 Å². The van der Waals surface area contributed by atoms with Crippen LogP contribution in [0.5, 0.6) is 0 Å². The van der Waals surface area contributed by atoms with Gasteiger partial charge in [0.15, 0.2) is 5.82 Å². The monoisotopic (exact) mass is 234 g/mol. The Kier molecular flexibility index (Phi) is 4.25. The van der Waals surface area contributed by atoms with Crippen LogP contribution < -0.4 is 0 Å². The second-order valence-electron chi connectivity index (χ2n) is 2.40. The first kappa shape index (κ1) is 11.4. The topological polar surface area (TPSA) is 52.1 Å². The molecule has 0 saturated carbocycles. The summed E-state index contributed by atoms with van der Waals surface area (Å²) in [6, 6.07) is 0. The largest absolute Gasteiger partial charge is 0.374 e. The fraction of sp³-hybridized carbons (Fsp3) is 0.375. The van der Waals surface area contributed by atoms with Crippen molar-refractivity contribution < 1.29 is 9.53 Å². The second kappa shape index (κ2) is 5.24. The van der Waals surface area contributed by atoms with E-state index in [9.17, 15) is 4.79 Å². The van der Waals surface area contributed by atoms with E-state index in [0.717, 1.165) is 0 Å². The molecule has 4 nitrogen and oxygen atoms in total. The van der Waals surface area contributed by atoms with Crippen LogP contribution in [0.4, 0.5) is 0 Å². The van der Waals surface area contributed by atoms with Crippen molar-refractivity contribution in [1.29, 1.82) is 0 Å². The number of halogens is 2. The van der Waals surface area contributed by atoms with Crippen molar-refractivity contribution >= 4 is 28.4 Å². The Bertz CT molecular complexity index is 344. The molecule has 1 heterocycles. The van der Waals surface area contributed by atoms with Crippen molar-refractivity contribution in [3.63, 3.8) is 0 Å². The minimum atomic E-state index is -0.669. The molecule has 0 radical (unpaired) electrons. The lowest BCUT2D eigenvalue weighted by molar-refractivity contribution is 0.107. The van der Waals surface area contributed by atoms with Crippen LogP contribution in [0, 0.1) is 0 Å². The van der Waals surface area contributed by atoms with E-state index in [2.05, 4.69) is 9.97 Å². The lowest BCUT2D eigenvalue weighted by Gasteiger charge is -2.01. The molecule has 0 bridgehead atoms. The van der Waals surface area contributed by atoms with E-state index in [4.69, 9.17) is 27.9 Å². The highest BCUT2D eigenvalue weighted by molar-refractivity contribution is 6.68. The van der Waals surface area contributed by atoms with Gasteiger partial charge in [-0.3, -0.25) is 4.79 Å². The van der Waals surface area contributed by atoms with Crippen LogP contribution in [0.25, 0.3) is 0 Å². The van der Waals surface area contributed by atoms with Gasteiger partial charge in [-0.25, -0.2) is 9.97 Å². The third-order valence-electron chi connectivity index (χ3n) is 1.44. The normalized spacial score (nSPS) is 10.2. The van der Waals surface area contributed by atoms with Crippen molar-refractivity contribution in [3.05, 3.63) is 22.7 Å². The van der Waals surface area contributed by atoms with E-state index in [1.165, 1.54) is 6.20 Å². The Morgan fingerprint density at radius 1 is 1.64 bits per heavy atom. The highest BCUT2D eigenvalue weighted by atomic mass is 35.5. The molecule has 0 aliphatic heterocycles. The van der Waals surface area contributed by atoms with Crippen molar-refractivity contribution in [2.24, 2.45) is 0 Å². The molecule has 0 atom stereocenters. The third-order valence-corrected chi connectivity index (χ3v) is 1.93. The Balaban J connectivity index is 2.83. The van der Waals surface area contributed by atoms with Gasteiger partial charge < -0.3 is 4.74 Å². The average Bonchev–Trinajstić information content (AvgIpc) is 2.14. The molecule has 0 aromatic carbocycles. The molecule has 0 aliphatic rings. The van der Waals surface area contributed by atoms with Gasteiger partial charge in [-0.2, -0.15) is 0 Å². The van der Waals surface area contributed by atoms with Gasteiger partial charge in [0, 0.05) is 12.8 Å². The highest BCUT2D eigenvalue weighted by Crippen LogP contribution is 2.14. The molecule has 0 N–H and O–H groups in total. The van der Waals surface area contributed by atoms with Crippen LogP contribution in [0.2, 0.25) is 5.15 Å². The van der Waals surface area contributed by atoms with Crippen molar-refractivity contribution in [3.8, 4) is 0 Å². The van der Waals surface area contributed by atoms with E-state index in [0.29, 0.717) is 12.4 Å². The van der Waals surface area contributed by atoms with Gasteiger partial charge in [-0.05, 0) is 18.5 Å². The van der Waals surface area contributed by atoms with Crippen LogP contribution >= 0.6 is 23.2 Å². The predicted octanol–water partition coefficient (Wildman–Crippen LogP) is 2.05. The molecule has 76 valence electrons. The molecule has 6 heteroatoms. The fourth-order valence-electron chi connectivity index (χ4n) is 0.789. The number of rotatable bonds is 4. The number of ether oxygens (including phenoxy) is 1. The zero-order valence-electron chi connectivity index (χ0n) is 7.46. The summed E-state index contributed by atoms with van der Waals surface area (Å²) in [6.45, 7) is 2.70. The second-order valence-corrected chi connectivity index (χ2v) is 3.10. The first-order valence-corrected chi connectivity index (χ1v) is 4.69. The number of carbonyl (C=O) groups is 1. The Hall–Kier alpha value is -0.710. The van der Waals surface area contributed by atoms with Crippen LogP contribution in [0.1, 0.15) is 23.1 Å². The maximum atomic E-state index is 10.8. The Morgan fingerprint density at radius 2 is 2.36 bits per heavy atom. The maximum Gasteiger partial charge on any atom is 0.257 e. The van der Waals surface area contributed by atoms with Crippen LogP contribution in [-0.2, 0) is 11.3 Å². The van der Waals surface area contributed by atoms with Crippen LogP contribution in [0.15, 0.2) is 6.20 Å². The molecule has 0 fully saturated rings. The minimum Gasteiger partial charge on any atom is -0.374 e. The summed E-state index contributed by atoms with van der Waals surface area (Å²) in [5.74, 6) is 0.429. The van der Waals surface area contributed by atoms with Gasteiger partial charge in [-0.15, -0.1) is 0 Å². The number of nitrogens with zero attached hydrogens (tertiary/aromatic N) is 2. The summed E-state index contributed by atoms with van der Waals surface area (Å²) in [5, 5.41) is -0.618. The number of hydrogen-bond acceptors (Lipinski definition) is 4. The van der Waals surface area contributed by atoms with Gasteiger partial charge in [0.1, 0.15) is 11.8 Å². The molecular weight excluding hydrogens is 227 g/mol. The molecule has 1 aromatic rings. The predicted molar refractivity (Wildman–Crippen MR) is 52.6 cm³/mol. The summed E-state index contributed by atoms with van der Waals surface area (Å²) in [6.07, 6.45) is 1.29. The smallest absolute Gasteiger partial charge is 0.257 e. The summed E-state index contributed by atoms with van der Waals surface area (Å²) in [5.41, 5.74) is 0.105. The molecule has 0 unspecified atom stereocenters.